The molecule has 4 aromatic carbocycles. The Labute approximate surface area is 209 Å². The van der Waals surface area contributed by atoms with Crippen LogP contribution in [0.15, 0.2) is 107 Å². The predicted octanol–water partition coefficient (Wildman–Crippen LogP) is 5.84. The summed E-state index contributed by atoms with van der Waals surface area (Å²) in [5, 5.41) is 5.04. The monoisotopic (exact) mass is 475 g/mol. The fourth-order valence-corrected chi connectivity index (χ4v) is 3.86. The molecule has 0 radical (unpaired) electrons. The summed E-state index contributed by atoms with van der Waals surface area (Å²) in [6.07, 6.45) is 1.62. The summed E-state index contributed by atoms with van der Waals surface area (Å²) in [4.78, 5) is 18.1. The molecule has 0 bridgehead atoms. The topological polar surface area (TPSA) is 65.7 Å². The zero-order chi connectivity index (χ0) is 24.9. The van der Waals surface area contributed by atoms with Gasteiger partial charge in [0.1, 0.15) is 6.61 Å². The average molecular weight is 476 g/mol. The molecule has 6 heteroatoms. The predicted molar refractivity (Wildman–Crippen MR) is 143 cm³/mol. The van der Waals surface area contributed by atoms with Crippen molar-refractivity contribution in [3.8, 4) is 22.9 Å². The highest BCUT2D eigenvalue weighted by atomic mass is 16.5. The molecule has 0 N–H and O–H groups in total. The van der Waals surface area contributed by atoms with Crippen LogP contribution in [0, 0.1) is 6.92 Å². The molecule has 0 unspecified atom stereocenters. The van der Waals surface area contributed by atoms with Gasteiger partial charge in [0, 0.05) is 5.56 Å². The van der Waals surface area contributed by atoms with Crippen molar-refractivity contribution in [2.45, 2.75) is 13.5 Å². The van der Waals surface area contributed by atoms with E-state index in [4.69, 9.17) is 14.5 Å². The van der Waals surface area contributed by atoms with Crippen LogP contribution in [-0.2, 0) is 6.61 Å². The highest BCUT2D eigenvalue weighted by Gasteiger charge is 2.12. The Morgan fingerprint density at radius 1 is 0.889 bits per heavy atom. The highest BCUT2D eigenvalue weighted by molar-refractivity contribution is 5.82. The van der Waals surface area contributed by atoms with Crippen LogP contribution in [0.1, 0.15) is 16.7 Å². The van der Waals surface area contributed by atoms with Crippen LogP contribution in [0.3, 0.4) is 0 Å². The van der Waals surface area contributed by atoms with Crippen LogP contribution in [0.4, 0.5) is 0 Å². The molecule has 36 heavy (non-hydrogen) atoms. The number of rotatable bonds is 7. The van der Waals surface area contributed by atoms with Crippen molar-refractivity contribution in [3.05, 3.63) is 124 Å². The van der Waals surface area contributed by atoms with Crippen molar-refractivity contribution in [1.29, 1.82) is 0 Å². The molecule has 0 saturated carbocycles. The van der Waals surface area contributed by atoms with Crippen LogP contribution >= 0.6 is 0 Å². The Balaban J connectivity index is 1.47. The largest absolute Gasteiger partial charge is 0.493 e. The maximum Gasteiger partial charge on any atom is 0.282 e. The van der Waals surface area contributed by atoms with Crippen molar-refractivity contribution < 1.29 is 9.47 Å². The molecular formula is C30H25N3O3. The third-order valence-corrected chi connectivity index (χ3v) is 5.81. The molecule has 0 saturated heterocycles. The van der Waals surface area contributed by atoms with Gasteiger partial charge in [0.05, 0.1) is 24.2 Å². The van der Waals surface area contributed by atoms with Gasteiger partial charge in [-0.25, -0.2) is 4.98 Å². The normalized spacial score (nSPS) is 11.2. The number of para-hydroxylation sites is 1. The van der Waals surface area contributed by atoms with E-state index in [1.807, 2.05) is 78.9 Å². The van der Waals surface area contributed by atoms with E-state index in [1.54, 1.807) is 19.4 Å². The van der Waals surface area contributed by atoms with E-state index in [0.717, 1.165) is 16.7 Å². The van der Waals surface area contributed by atoms with E-state index < -0.39 is 0 Å². The zero-order valence-corrected chi connectivity index (χ0v) is 20.1. The van der Waals surface area contributed by atoms with Gasteiger partial charge in [0.15, 0.2) is 17.3 Å². The summed E-state index contributed by atoms with van der Waals surface area (Å²) < 4.78 is 12.9. The lowest BCUT2D eigenvalue weighted by Crippen LogP contribution is -2.20. The van der Waals surface area contributed by atoms with Gasteiger partial charge in [0.2, 0.25) is 0 Å². The number of hydrogen-bond donors (Lipinski definition) is 0. The summed E-state index contributed by atoms with van der Waals surface area (Å²) in [6, 6.07) is 30.6. The van der Waals surface area contributed by atoms with Crippen LogP contribution < -0.4 is 15.0 Å². The Kier molecular flexibility index (Phi) is 6.58. The molecule has 0 atom stereocenters. The van der Waals surface area contributed by atoms with Crippen molar-refractivity contribution in [1.82, 2.24) is 9.66 Å². The second kappa shape index (κ2) is 10.3. The van der Waals surface area contributed by atoms with Crippen molar-refractivity contribution in [2.24, 2.45) is 5.10 Å². The summed E-state index contributed by atoms with van der Waals surface area (Å²) in [7, 11) is 1.60. The first-order valence-corrected chi connectivity index (χ1v) is 11.6. The molecule has 1 heterocycles. The number of benzene rings is 4. The van der Waals surface area contributed by atoms with Gasteiger partial charge in [-0.1, -0.05) is 72.3 Å². The van der Waals surface area contributed by atoms with E-state index in [-0.39, 0.29) is 5.56 Å². The lowest BCUT2D eigenvalue weighted by atomic mass is 10.1. The van der Waals surface area contributed by atoms with Crippen LogP contribution in [0.2, 0.25) is 0 Å². The van der Waals surface area contributed by atoms with Gasteiger partial charge >= 0.3 is 0 Å². The van der Waals surface area contributed by atoms with E-state index >= 15 is 0 Å². The lowest BCUT2D eigenvalue weighted by Gasteiger charge is -2.12. The summed E-state index contributed by atoms with van der Waals surface area (Å²) in [5.74, 6) is 1.68. The third kappa shape index (κ3) is 4.88. The van der Waals surface area contributed by atoms with E-state index in [9.17, 15) is 4.79 Å². The molecule has 0 fully saturated rings. The quantitative estimate of drug-likeness (QED) is 0.277. The molecule has 0 aliphatic carbocycles. The standard InChI is InChI=1S/C30H25N3O3/c1-21-12-14-22(15-13-21)20-36-27-17-16-23(18-28(27)35-2)19-31-33-29(24-8-4-3-5-9-24)32-26-11-7-6-10-25(26)30(33)34/h3-19H,20H2,1-2H3. The Morgan fingerprint density at radius 3 is 2.42 bits per heavy atom. The SMILES string of the molecule is COc1cc(C=Nn2c(-c3ccccc3)nc3ccccc3c2=O)ccc1OCc1ccc(C)cc1. The van der Waals surface area contributed by atoms with Gasteiger partial charge in [-0.3, -0.25) is 4.79 Å². The number of hydrogen-bond acceptors (Lipinski definition) is 5. The number of aromatic nitrogens is 2. The molecule has 5 aromatic rings. The molecule has 0 aliphatic heterocycles. The maximum absolute atomic E-state index is 13.3. The summed E-state index contributed by atoms with van der Waals surface area (Å²) in [5.41, 5.74) is 4.23. The van der Waals surface area contributed by atoms with Crippen molar-refractivity contribution in [2.75, 3.05) is 7.11 Å². The number of fused-ring (bicyclic) bond motifs is 1. The first kappa shape index (κ1) is 23.1. The fourth-order valence-electron chi connectivity index (χ4n) is 3.86. The molecule has 0 spiro atoms. The minimum absolute atomic E-state index is 0.235. The van der Waals surface area contributed by atoms with Crippen molar-refractivity contribution >= 4 is 17.1 Å². The molecule has 0 aliphatic rings. The summed E-state index contributed by atoms with van der Waals surface area (Å²) >= 11 is 0. The van der Waals surface area contributed by atoms with Gasteiger partial charge < -0.3 is 9.47 Å². The first-order valence-electron chi connectivity index (χ1n) is 11.6. The number of methoxy groups -OCH3 is 1. The Morgan fingerprint density at radius 2 is 1.64 bits per heavy atom. The zero-order valence-electron chi connectivity index (χ0n) is 20.1. The van der Waals surface area contributed by atoms with Crippen LogP contribution in [0.25, 0.3) is 22.3 Å². The van der Waals surface area contributed by atoms with Gasteiger partial charge in [-0.05, 0) is 48.4 Å². The van der Waals surface area contributed by atoms with Crippen molar-refractivity contribution in [3.63, 3.8) is 0 Å². The molecule has 5 rings (SSSR count). The van der Waals surface area contributed by atoms with Crippen LogP contribution in [-0.4, -0.2) is 23.0 Å². The maximum atomic E-state index is 13.3. The number of nitrogens with zero attached hydrogens (tertiary/aromatic N) is 3. The van der Waals surface area contributed by atoms with Gasteiger partial charge in [-0.2, -0.15) is 9.78 Å². The van der Waals surface area contributed by atoms with E-state index in [2.05, 4.69) is 24.2 Å². The van der Waals surface area contributed by atoms with Gasteiger partial charge in [-0.15, -0.1) is 0 Å². The molecular weight excluding hydrogens is 450 g/mol. The molecule has 1 aromatic heterocycles. The molecule has 0 amide bonds. The average Bonchev–Trinajstić information content (AvgIpc) is 2.93. The smallest absolute Gasteiger partial charge is 0.282 e. The second-order valence-corrected chi connectivity index (χ2v) is 8.36. The first-order chi connectivity index (χ1) is 17.6. The number of aryl methyl sites for hydroxylation is 1. The Bertz CT molecular complexity index is 1590. The number of ether oxygens (including phenoxy) is 2. The fraction of sp³-hybridized carbons (Fsp3) is 0.100. The van der Waals surface area contributed by atoms with E-state index in [0.29, 0.717) is 34.8 Å². The third-order valence-electron chi connectivity index (χ3n) is 5.81. The Hall–Kier alpha value is -4.71. The summed E-state index contributed by atoms with van der Waals surface area (Å²) in [6.45, 7) is 2.49. The minimum atomic E-state index is -0.235. The van der Waals surface area contributed by atoms with E-state index in [1.165, 1.54) is 10.2 Å². The highest BCUT2D eigenvalue weighted by Crippen LogP contribution is 2.28. The minimum Gasteiger partial charge on any atom is -0.493 e. The van der Waals surface area contributed by atoms with Gasteiger partial charge in [0.25, 0.3) is 5.56 Å². The molecule has 6 nitrogen and oxygen atoms in total. The molecule has 178 valence electrons. The van der Waals surface area contributed by atoms with Crippen LogP contribution in [0.5, 0.6) is 11.5 Å². The second-order valence-electron chi connectivity index (χ2n) is 8.36. The lowest BCUT2D eigenvalue weighted by molar-refractivity contribution is 0.284.